The van der Waals surface area contributed by atoms with Gasteiger partial charge in [-0.3, -0.25) is 4.79 Å². The second-order valence-corrected chi connectivity index (χ2v) is 5.62. The highest BCUT2D eigenvalue weighted by molar-refractivity contribution is 6.31. The van der Waals surface area contributed by atoms with Gasteiger partial charge < -0.3 is 10.2 Å². The SMILES string of the molecule is CNc1ccc(Cl)cc1C(=O)N1CCc2ccccc2C1. The van der Waals surface area contributed by atoms with Gasteiger partial charge >= 0.3 is 0 Å². The van der Waals surface area contributed by atoms with Crippen LogP contribution in [-0.2, 0) is 13.0 Å². The average Bonchev–Trinajstić information content (AvgIpc) is 2.53. The summed E-state index contributed by atoms with van der Waals surface area (Å²) in [7, 11) is 1.81. The average molecular weight is 301 g/mol. The van der Waals surface area contributed by atoms with E-state index in [0.29, 0.717) is 17.1 Å². The molecule has 0 bridgehead atoms. The smallest absolute Gasteiger partial charge is 0.256 e. The number of carbonyl (C=O) groups is 1. The molecule has 0 fully saturated rings. The number of hydrogen-bond donors (Lipinski definition) is 1. The number of rotatable bonds is 2. The predicted octanol–water partition coefficient (Wildman–Crippen LogP) is 3.58. The second-order valence-electron chi connectivity index (χ2n) is 5.19. The fourth-order valence-electron chi connectivity index (χ4n) is 2.75. The van der Waals surface area contributed by atoms with E-state index in [4.69, 9.17) is 11.6 Å². The number of carbonyl (C=O) groups excluding carboxylic acids is 1. The van der Waals surface area contributed by atoms with Crippen LogP contribution in [0.2, 0.25) is 5.02 Å². The minimum absolute atomic E-state index is 0.0244. The van der Waals surface area contributed by atoms with Crippen molar-refractivity contribution < 1.29 is 4.79 Å². The second kappa shape index (κ2) is 5.78. The Morgan fingerprint density at radius 1 is 1.19 bits per heavy atom. The number of hydrogen-bond acceptors (Lipinski definition) is 2. The minimum Gasteiger partial charge on any atom is -0.387 e. The number of anilines is 1. The molecule has 0 radical (unpaired) electrons. The molecule has 1 N–H and O–H groups in total. The number of halogens is 1. The molecule has 0 atom stereocenters. The molecule has 2 aromatic carbocycles. The van der Waals surface area contributed by atoms with Crippen molar-refractivity contribution in [2.24, 2.45) is 0 Å². The highest BCUT2D eigenvalue weighted by Crippen LogP contribution is 2.25. The standard InChI is InChI=1S/C17H17ClN2O/c1-19-16-7-6-14(18)10-15(16)17(21)20-9-8-12-4-2-3-5-13(12)11-20/h2-7,10,19H,8-9,11H2,1H3. The summed E-state index contributed by atoms with van der Waals surface area (Å²) in [6.07, 6.45) is 0.900. The maximum Gasteiger partial charge on any atom is 0.256 e. The number of amides is 1. The zero-order valence-corrected chi connectivity index (χ0v) is 12.7. The van der Waals surface area contributed by atoms with Gasteiger partial charge in [-0.15, -0.1) is 0 Å². The Hall–Kier alpha value is -2.00. The van der Waals surface area contributed by atoms with Gasteiger partial charge in [0.05, 0.1) is 5.56 Å². The van der Waals surface area contributed by atoms with Gasteiger partial charge in [-0.2, -0.15) is 0 Å². The summed E-state index contributed by atoms with van der Waals surface area (Å²) >= 11 is 6.04. The third kappa shape index (κ3) is 2.74. The molecule has 0 aromatic heterocycles. The summed E-state index contributed by atoms with van der Waals surface area (Å²) in [5, 5.41) is 3.63. The molecular weight excluding hydrogens is 284 g/mol. The van der Waals surface area contributed by atoms with Crippen LogP contribution in [0.25, 0.3) is 0 Å². The number of fused-ring (bicyclic) bond motifs is 1. The van der Waals surface area contributed by atoms with E-state index in [-0.39, 0.29) is 5.91 Å². The Morgan fingerprint density at radius 3 is 2.71 bits per heavy atom. The van der Waals surface area contributed by atoms with E-state index in [1.807, 2.05) is 30.1 Å². The largest absolute Gasteiger partial charge is 0.387 e. The van der Waals surface area contributed by atoms with Crippen LogP contribution in [-0.4, -0.2) is 24.4 Å². The fourth-order valence-corrected chi connectivity index (χ4v) is 2.92. The molecule has 108 valence electrons. The van der Waals surface area contributed by atoms with Crippen molar-refractivity contribution >= 4 is 23.2 Å². The summed E-state index contributed by atoms with van der Waals surface area (Å²) in [6, 6.07) is 13.7. The maximum absolute atomic E-state index is 12.8. The lowest BCUT2D eigenvalue weighted by molar-refractivity contribution is 0.0735. The van der Waals surface area contributed by atoms with E-state index in [2.05, 4.69) is 17.4 Å². The Labute approximate surface area is 129 Å². The first-order valence-corrected chi connectivity index (χ1v) is 7.40. The van der Waals surface area contributed by atoms with Crippen LogP contribution >= 0.6 is 11.6 Å². The summed E-state index contributed by atoms with van der Waals surface area (Å²) in [5.74, 6) is 0.0244. The van der Waals surface area contributed by atoms with Gasteiger partial charge in [-0.05, 0) is 35.7 Å². The van der Waals surface area contributed by atoms with Gasteiger partial charge in [0.15, 0.2) is 0 Å². The summed E-state index contributed by atoms with van der Waals surface area (Å²) in [6.45, 7) is 1.40. The minimum atomic E-state index is 0.0244. The van der Waals surface area contributed by atoms with Crippen molar-refractivity contribution in [3.05, 3.63) is 64.2 Å². The van der Waals surface area contributed by atoms with Crippen LogP contribution < -0.4 is 5.32 Å². The van der Waals surface area contributed by atoms with Gasteiger partial charge in [-0.25, -0.2) is 0 Å². The molecule has 1 aliphatic rings. The first-order chi connectivity index (χ1) is 10.2. The van der Waals surface area contributed by atoms with Crippen LogP contribution in [0.15, 0.2) is 42.5 Å². The van der Waals surface area contributed by atoms with Crippen LogP contribution in [0, 0.1) is 0 Å². The Balaban J connectivity index is 1.89. The molecule has 21 heavy (non-hydrogen) atoms. The van der Waals surface area contributed by atoms with Crippen molar-refractivity contribution in [3.8, 4) is 0 Å². The molecule has 1 heterocycles. The molecule has 0 aliphatic carbocycles. The molecule has 0 saturated heterocycles. The Bertz CT molecular complexity index is 684. The summed E-state index contributed by atoms with van der Waals surface area (Å²) in [5.41, 5.74) is 4.00. The topological polar surface area (TPSA) is 32.3 Å². The van der Waals surface area contributed by atoms with E-state index in [1.54, 1.807) is 12.1 Å². The number of benzene rings is 2. The first-order valence-electron chi connectivity index (χ1n) is 7.02. The fraction of sp³-hybridized carbons (Fsp3) is 0.235. The lowest BCUT2D eigenvalue weighted by Crippen LogP contribution is -2.36. The predicted molar refractivity (Wildman–Crippen MR) is 85.9 cm³/mol. The van der Waals surface area contributed by atoms with E-state index < -0.39 is 0 Å². The van der Waals surface area contributed by atoms with Crippen molar-refractivity contribution in [2.75, 3.05) is 18.9 Å². The lowest BCUT2D eigenvalue weighted by Gasteiger charge is -2.29. The van der Waals surface area contributed by atoms with Gasteiger partial charge in [-0.1, -0.05) is 35.9 Å². The summed E-state index contributed by atoms with van der Waals surface area (Å²) in [4.78, 5) is 14.7. The zero-order valence-electron chi connectivity index (χ0n) is 11.9. The lowest BCUT2D eigenvalue weighted by atomic mass is 9.99. The molecule has 0 spiro atoms. The summed E-state index contributed by atoms with van der Waals surface area (Å²) < 4.78 is 0. The Morgan fingerprint density at radius 2 is 1.95 bits per heavy atom. The maximum atomic E-state index is 12.8. The van der Waals surface area contributed by atoms with E-state index in [9.17, 15) is 4.79 Å². The van der Waals surface area contributed by atoms with Gasteiger partial charge in [0.25, 0.3) is 5.91 Å². The Kier molecular flexibility index (Phi) is 3.84. The monoisotopic (exact) mass is 300 g/mol. The van der Waals surface area contributed by atoms with E-state index >= 15 is 0 Å². The van der Waals surface area contributed by atoms with Gasteiger partial charge in [0.1, 0.15) is 0 Å². The molecule has 1 aliphatic heterocycles. The quantitative estimate of drug-likeness (QED) is 0.919. The molecule has 0 unspecified atom stereocenters. The normalized spacial score (nSPS) is 13.7. The molecule has 3 rings (SSSR count). The van der Waals surface area contributed by atoms with Crippen LogP contribution in [0.5, 0.6) is 0 Å². The number of nitrogens with one attached hydrogen (secondary N) is 1. The molecule has 1 amide bonds. The van der Waals surface area contributed by atoms with Crippen LogP contribution in [0.3, 0.4) is 0 Å². The van der Waals surface area contributed by atoms with Crippen LogP contribution in [0.4, 0.5) is 5.69 Å². The van der Waals surface area contributed by atoms with Crippen LogP contribution in [0.1, 0.15) is 21.5 Å². The number of nitrogens with zero attached hydrogens (tertiary/aromatic N) is 1. The van der Waals surface area contributed by atoms with Crippen molar-refractivity contribution in [1.29, 1.82) is 0 Å². The third-order valence-corrected chi connectivity index (χ3v) is 4.13. The van der Waals surface area contributed by atoms with Gasteiger partial charge in [0.2, 0.25) is 0 Å². The highest BCUT2D eigenvalue weighted by atomic mass is 35.5. The molecular formula is C17H17ClN2O. The highest BCUT2D eigenvalue weighted by Gasteiger charge is 2.23. The molecule has 3 nitrogen and oxygen atoms in total. The molecule has 2 aromatic rings. The first kappa shape index (κ1) is 14.0. The van der Waals surface area contributed by atoms with E-state index in [0.717, 1.165) is 18.7 Å². The van der Waals surface area contributed by atoms with Crippen molar-refractivity contribution in [2.45, 2.75) is 13.0 Å². The van der Waals surface area contributed by atoms with Crippen molar-refractivity contribution in [1.82, 2.24) is 4.90 Å². The van der Waals surface area contributed by atoms with Crippen molar-refractivity contribution in [3.63, 3.8) is 0 Å². The van der Waals surface area contributed by atoms with Gasteiger partial charge in [0, 0.05) is 30.8 Å². The molecule has 0 saturated carbocycles. The third-order valence-electron chi connectivity index (χ3n) is 3.90. The molecule has 4 heteroatoms. The van der Waals surface area contributed by atoms with E-state index in [1.165, 1.54) is 11.1 Å². The zero-order chi connectivity index (χ0) is 14.8.